The van der Waals surface area contributed by atoms with Gasteiger partial charge >= 0.3 is 0 Å². The van der Waals surface area contributed by atoms with E-state index < -0.39 is 11.8 Å². The molecule has 0 saturated heterocycles. The number of imide groups is 1. The Kier molecular flexibility index (Phi) is 17.3. The van der Waals surface area contributed by atoms with Gasteiger partial charge in [0.05, 0.1) is 19.6 Å². The van der Waals surface area contributed by atoms with E-state index in [0.29, 0.717) is 45.4 Å². The van der Waals surface area contributed by atoms with E-state index in [1.807, 2.05) is 6.92 Å². The lowest BCUT2D eigenvalue weighted by Crippen LogP contribution is -2.44. The van der Waals surface area contributed by atoms with Crippen molar-refractivity contribution in [3.05, 3.63) is 12.2 Å². The number of carbonyl (C=O) groups is 7. The van der Waals surface area contributed by atoms with Crippen LogP contribution in [0.25, 0.3) is 0 Å². The minimum Gasteiger partial charge on any atom is -0.467 e. The number of ether oxygens (including phenoxy) is 1. The second-order valence-electron chi connectivity index (χ2n) is 8.16. The molecule has 0 aromatic carbocycles. The van der Waals surface area contributed by atoms with E-state index in [1.165, 1.54) is 12.2 Å². The van der Waals surface area contributed by atoms with Gasteiger partial charge in [0, 0.05) is 42.7 Å². The molecular formula is C23H35N5O8S2. The Balaban J connectivity index is 1.98. The molecule has 212 valence electrons. The molecule has 0 spiro atoms. The summed E-state index contributed by atoms with van der Waals surface area (Å²) >= 11 is 0. The maximum atomic E-state index is 11.8. The van der Waals surface area contributed by atoms with Gasteiger partial charge in [-0.25, -0.2) is 0 Å². The standard InChI is InChI=1S/C23H35N5O8S2/c1-17(15-36-16-29)38-37-11-5-9-24-19(31)12-26-21(33)14-27-20(32)13-25-18(30)6-3-2-4-10-28-22(34)7-8-23(28)35/h7-8,16-17H,2-6,9-15H2,1H3,(H,24,31)(H,25,30)(H,26,33)(H,27,32). The van der Waals surface area contributed by atoms with E-state index in [2.05, 4.69) is 26.0 Å². The van der Waals surface area contributed by atoms with Crippen molar-refractivity contribution in [3.63, 3.8) is 0 Å². The van der Waals surface area contributed by atoms with E-state index >= 15 is 0 Å². The summed E-state index contributed by atoms with van der Waals surface area (Å²) in [6, 6.07) is 0. The lowest BCUT2D eigenvalue weighted by atomic mass is 10.2. The van der Waals surface area contributed by atoms with Crippen molar-refractivity contribution in [2.75, 3.05) is 45.1 Å². The Morgan fingerprint density at radius 2 is 1.45 bits per heavy atom. The van der Waals surface area contributed by atoms with Crippen molar-refractivity contribution in [1.29, 1.82) is 0 Å². The molecule has 1 aliphatic rings. The molecule has 15 heteroatoms. The minimum atomic E-state index is -0.543. The molecule has 1 aliphatic heterocycles. The first-order valence-electron chi connectivity index (χ1n) is 12.2. The molecule has 13 nitrogen and oxygen atoms in total. The molecule has 0 aromatic rings. The lowest BCUT2D eigenvalue weighted by Gasteiger charge is -2.13. The predicted molar refractivity (Wildman–Crippen MR) is 143 cm³/mol. The number of amides is 6. The SMILES string of the molecule is CC(COC=O)SSCCCNC(=O)CNC(=O)CNC(=O)CNC(=O)CCCCCN1C(=O)C=CC1=O. The zero-order chi connectivity index (χ0) is 28.2. The molecule has 1 atom stereocenters. The highest BCUT2D eigenvalue weighted by atomic mass is 33.1. The molecule has 0 aromatic heterocycles. The topological polar surface area (TPSA) is 180 Å². The number of rotatable bonds is 21. The minimum absolute atomic E-state index is 0.175. The van der Waals surface area contributed by atoms with Gasteiger partial charge in [-0.3, -0.25) is 38.5 Å². The summed E-state index contributed by atoms with van der Waals surface area (Å²) in [6.45, 7) is 2.64. The van der Waals surface area contributed by atoms with Crippen LogP contribution in [-0.2, 0) is 38.3 Å². The van der Waals surface area contributed by atoms with Crippen LogP contribution in [0.1, 0.15) is 39.0 Å². The number of carbonyl (C=O) groups excluding carboxylic acids is 7. The molecule has 0 fully saturated rings. The molecule has 6 amide bonds. The summed E-state index contributed by atoms with van der Waals surface area (Å²) in [5, 5.41) is 10.1. The van der Waals surface area contributed by atoms with E-state index in [-0.39, 0.29) is 54.9 Å². The van der Waals surface area contributed by atoms with Crippen molar-refractivity contribution in [2.24, 2.45) is 0 Å². The number of unbranched alkanes of at least 4 members (excludes halogenated alkanes) is 2. The van der Waals surface area contributed by atoms with Crippen LogP contribution in [0, 0.1) is 0 Å². The third-order valence-electron chi connectivity index (χ3n) is 4.88. The summed E-state index contributed by atoms with van der Waals surface area (Å²) in [5.74, 6) is -1.62. The van der Waals surface area contributed by atoms with Crippen molar-refractivity contribution in [3.8, 4) is 0 Å². The smallest absolute Gasteiger partial charge is 0.293 e. The highest BCUT2D eigenvalue weighted by molar-refractivity contribution is 8.76. The molecule has 4 N–H and O–H groups in total. The van der Waals surface area contributed by atoms with Crippen molar-refractivity contribution >= 4 is 63.5 Å². The van der Waals surface area contributed by atoms with Crippen molar-refractivity contribution in [1.82, 2.24) is 26.2 Å². The lowest BCUT2D eigenvalue weighted by molar-refractivity contribution is -0.137. The van der Waals surface area contributed by atoms with Gasteiger partial charge in [0.1, 0.15) is 6.61 Å². The first-order valence-corrected chi connectivity index (χ1v) is 14.5. The van der Waals surface area contributed by atoms with Crippen LogP contribution in [0.2, 0.25) is 0 Å². The summed E-state index contributed by atoms with van der Waals surface area (Å²) in [5.41, 5.74) is 0. The number of hydrogen-bond acceptors (Lipinski definition) is 10. The quantitative estimate of drug-likeness (QED) is 0.0592. The third-order valence-corrected chi connectivity index (χ3v) is 7.83. The maximum Gasteiger partial charge on any atom is 0.293 e. The summed E-state index contributed by atoms with van der Waals surface area (Å²) < 4.78 is 4.68. The van der Waals surface area contributed by atoms with Crippen LogP contribution in [0.4, 0.5) is 0 Å². The van der Waals surface area contributed by atoms with Gasteiger partial charge in [0.15, 0.2) is 0 Å². The highest BCUT2D eigenvalue weighted by Crippen LogP contribution is 2.26. The summed E-state index contributed by atoms with van der Waals surface area (Å²) in [6.07, 6.45) is 5.14. The Hall–Kier alpha value is -3.07. The number of nitrogens with zero attached hydrogens (tertiary/aromatic N) is 1. The zero-order valence-corrected chi connectivity index (χ0v) is 23.0. The highest BCUT2D eigenvalue weighted by Gasteiger charge is 2.22. The summed E-state index contributed by atoms with van der Waals surface area (Å²) in [4.78, 5) is 81.4. The van der Waals surface area contributed by atoms with Crippen LogP contribution >= 0.6 is 21.6 Å². The van der Waals surface area contributed by atoms with Gasteiger partial charge in [-0.1, -0.05) is 28.0 Å². The number of nitrogens with one attached hydrogen (secondary N) is 4. The first-order chi connectivity index (χ1) is 18.2. The van der Waals surface area contributed by atoms with E-state index in [4.69, 9.17) is 0 Å². The fourth-order valence-corrected chi connectivity index (χ4v) is 5.15. The molecule has 0 radical (unpaired) electrons. The normalized spacial score (nSPS) is 13.1. The number of hydrogen-bond donors (Lipinski definition) is 4. The van der Waals surface area contributed by atoms with E-state index in [9.17, 15) is 33.6 Å². The average molecular weight is 574 g/mol. The predicted octanol–water partition coefficient (Wildman–Crippen LogP) is -0.730. The second-order valence-corrected chi connectivity index (χ2v) is 11.1. The van der Waals surface area contributed by atoms with Crippen LogP contribution in [0.5, 0.6) is 0 Å². The summed E-state index contributed by atoms with van der Waals surface area (Å²) in [7, 11) is 3.21. The molecule has 0 bridgehead atoms. The Morgan fingerprint density at radius 3 is 2.05 bits per heavy atom. The van der Waals surface area contributed by atoms with E-state index in [1.54, 1.807) is 21.6 Å². The van der Waals surface area contributed by atoms with Gasteiger partial charge in [-0.15, -0.1) is 0 Å². The fourth-order valence-electron chi connectivity index (χ4n) is 2.92. The molecule has 1 rings (SSSR count). The second kappa shape index (κ2) is 20.0. The monoisotopic (exact) mass is 573 g/mol. The van der Waals surface area contributed by atoms with Crippen LogP contribution in [0.15, 0.2) is 12.2 Å². The van der Waals surface area contributed by atoms with Crippen LogP contribution in [0.3, 0.4) is 0 Å². The van der Waals surface area contributed by atoms with Gasteiger partial charge < -0.3 is 26.0 Å². The molecular weight excluding hydrogens is 538 g/mol. The first kappa shape index (κ1) is 33.0. The average Bonchev–Trinajstić information content (AvgIpc) is 3.22. The maximum absolute atomic E-state index is 11.8. The Labute approximate surface area is 229 Å². The molecule has 1 unspecified atom stereocenters. The third kappa shape index (κ3) is 15.9. The van der Waals surface area contributed by atoms with Gasteiger partial charge in [0.2, 0.25) is 23.6 Å². The van der Waals surface area contributed by atoms with Gasteiger partial charge in [-0.05, 0) is 26.2 Å². The molecule has 38 heavy (non-hydrogen) atoms. The molecule has 1 heterocycles. The van der Waals surface area contributed by atoms with Crippen LogP contribution in [-0.4, -0.2) is 97.1 Å². The van der Waals surface area contributed by atoms with Crippen molar-refractivity contribution in [2.45, 2.75) is 44.3 Å². The van der Waals surface area contributed by atoms with Crippen molar-refractivity contribution < 1.29 is 38.3 Å². The van der Waals surface area contributed by atoms with E-state index in [0.717, 1.165) is 17.1 Å². The molecule has 0 saturated carbocycles. The van der Waals surface area contributed by atoms with Crippen LogP contribution < -0.4 is 21.3 Å². The van der Waals surface area contributed by atoms with Gasteiger partial charge in [0.25, 0.3) is 18.3 Å². The Morgan fingerprint density at radius 1 is 0.868 bits per heavy atom. The largest absolute Gasteiger partial charge is 0.467 e. The van der Waals surface area contributed by atoms with Gasteiger partial charge in [-0.2, -0.15) is 0 Å². The molecule has 0 aliphatic carbocycles. The zero-order valence-electron chi connectivity index (χ0n) is 21.3. The fraction of sp³-hybridized carbons (Fsp3) is 0.609. The Bertz CT molecular complexity index is 853.